The van der Waals surface area contributed by atoms with Crippen molar-refractivity contribution in [3.63, 3.8) is 0 Å². The van der Waals surface area contributed by atoms with Gasteiger partial charge in [0.2, 0.25) is 5.95 Å². The summed E-state index contributed by atoms with van der Waals surface area (Å²) in [6.45, 7) is 5.41. The third kappa shape index (κ3) is 4.75. The van der Waals surface area contributed by atoms with Crippen LogP contribution in [0.3, 0.4) is 0 Å². The molecule has 170 valence electrons. The molecule has 1 N–H and O–H groups in total. The first-order valence-electron chi connectivity index (χ1n) is 10.5. The quantitative estimate of drug-likeness (QED) is 0.404. The van der Waals surface area contributed by atoms with Crippen LogP contribution in [0, 0.1) is 0 Å². The molecule has 0 radical (unpaired) electrons. The number of carbonyl (C=O) groups excluding carboxylic acids is 2. The molecule has 33 heavy (non-hydrogen) atoms. The number of ether oxygens (including phenoxy) is 1. The summed E-state index contributed by atoms with van der Waals surface area (Å²) >= 11 is 1.39. The van der Waals surface area contributed by atoms with E-state index >= 15 is 0 Å². The molecule has 4 aromatic rings. The molecule has 2 heterocycles. The van der Waals surface area contributed by atoms with Gasteiger partial charge in [0.1, 0.15) is 5.60 Å². The molecule has 0 fully saturated rings. The van der Waals surface area contributed by atoms with Crippen LogP contribution in [0.25, 0.3) is 15.8 Å². The van der Waals surface area contributed by atoms with Gasteiger partial charge in [0.05, 0.1) is 4.88 Å². The maximum Gasteiger partial charge on any atom is 0.359 e. The maximum absolute atomic E-state index is 13.3. The number of benzene rings is 2. The van der Waals surface area contributed by atoms with Crippen molar-refractivity contribution >= 4 is 45.1 Å². The minimum absolute atomic E-state index is 0.152. The molecule has 1 amide bonds. The van der Waals surface area contributed by atoms with Crippen LogP contribution in [0.15, 0.2) is 60.7 Å². The first-order chi connectivity index (χ1) is 15.6. The highest BCUT2D eigenvalue weighted by Gasteiger charge is 2.30. The van der Waals surface area contributed by atoms with Crippen LogP contribution in [-0.4, -0.2) is 41.1 Å². The molecule has 0 aliphatic carbocycles. The molecule has 0 spiro atoms. The average Bonchev–Trinajstić information content (AvgIpc) is 3.35. The van der Waals surface area contributed by atoms with Crippen LogP contribution in [0.4, 0.5) is 11.8 Å². The first kappa shape index (κ1) is 22.5. The molecule has 8 heteroatoms. The van der Waals surface area contributed by atoms with E-state index in [-0.39, 0.29) is 17.4 Å². The molecule has 0 bridgehead atoms. The van der Waals surface area contributed by atoms with Crippen LogP contribution in [-0.2, 0) is 4.74 Å². The van der Waals surface area contributed by atoms with Gasteiger partial charge in [-0.2, -0.15) is 4.98 Å². The number of rotatable bonds is 5. The fourth-order valence-corrected chi connectivity index (χ4v) is 4.35. The Morgan fingerprint density at radius 3 is 2.33 bits per heavy atom. The van der Waals surface area contributed by atoms with Crippen molar-refractivity contribution in [2.45, 2.75) is 26.4 Å². The van der Waals surface area contributed by atoms with E-state index in [1.807, 2.05) is 74.8 Å². The Balaban J connectivity index is 1.82. The minimum Gasteiger partial charge on any atom is -0.455 e. The molecule has 4 rings (SSSR count). The van der Waals surface area contributed by atoms with Crippen LogP contribution in [0.1, 0.15) is 40.9 Å². The zero-order valence-corrected chi connectivity index (χ0v) is 20.1. The Morgan fingerprint density at radius 1 is 1.03 bits per heavy atom. The molecule has 0 unspecified atom stereocenters. The number of nitrogens with one attached hydrogen (secondary N) is 1. The van der Waals surface area contributed by atoms with Crippen molar-refractivity contribution in [3.05, 3.63) is 71.2 Å². The number of para-hydroxylation sites is 1. The van der Waals surface area contributed by atoms with Crippen LogP contribution in [0.2, 0.25) is 0 Å². The molecule has 2 aromatic heterocycles. The number of fused-ring (bicyclic) bond motifs is 1. The summed E-state index contributed by atoms with van der Waals surface area (Å²) in [5.41, 5.74) is 0.180. The highest BCUT2D eigenvalue weighted by atomic mass is 32.1. The summed E-state index contributed by atoms with van der Waals surface area (Å²) < 4.78 is 8.40. The average molecular weight is 463 g/mol. The van der Waals surface area contributed by atoms with E-state index in [0.29, 0.717) is 10.8 Å². The number of hydrogen-bond donors (Lipinski definition) is 1. The van der Waals surface area contributed by atoms with Gasteiger partial charge in [-0.15, -0.1) is 11.3 Å². The smallest absolute Gasteiger partial charge is 0.359 e. The van der Waals surface area contributed by atoms with E-state index in [2.05, 4.69) is 10.3 Å². The zero-order valence-electron chi connectivity index (χ0n) is 19.2. The molecule has 0 saturated carbocycles. The van der Waals surface area contributed by atoms with Crippen molar-refractivity contribution in [3.8, 4) is 5.69 Å². The number of imidazole rings is 1. The molecule has 2 aromatic carbocycles. The monoisotopic (exact) mass is 462 g/mol. The summed E-state index contributed by atoms with van der Waals surface area (Å²) in [5, 5.41) is 3.84. The van der Waals surface area contributed by atoms with Gasteiger partial charge in [0.25, 0.3) is 5.91 Å². The van der Waals surface area contributed by atoms with E-state index in [1.165, 1.54) is 11.3 Å². The highest BCUT2D eigenvalue weighted by Crippen LogP contribution is 2.31. The lowest BCUT2D eigenvalue weighted by Crippen LogP contribution is -2.27. The summed E-state index contributed by atoms with van der Waals surface area (Å²) in [6.07, 6.45) is 0. The van der Waals surface area contributed by atoms with Crippen molar-refractivity contribution in [2.75, 3.05) is 24.3 Å². The molecule has 0 atom stereocenters. The Kier molecular flexibility index (Phi) is 5.95. The van der Waals surface area contributed by atoms with Gasteiger partial charge in [-0.05, 0) is 50.4 Å². The Labute approximate surface area is 196 Å². The third-order valence-electron chi connectivity index (χ3n) is 4.75. The number of esters is 1. The summed E-state index contributed by atoms with van der Waals surface area (Å²) in [6, 6.07) is 19.0. The maximum atomic E-state index is 13.3. The van der Waals surface area contributed by atoms with E-state index in [4.69, 9.17) is 4.74 Å². The molecule has 7 nitrogen and oxygen atoms in total. The van der Waals surface area contributed by atoms with E-state index in [9.17, 15) is 9.59 Å². The number of anilines is 2. The highest BCUT2D eigenvalue weighted by molar-refractivity contribution is 7.20. The van der Waals surface area contributed by atoms with Crippen LogP contribution < -0.4 is 10.2 Å². The van der Waals surface area contributed by atoms with Crippen LogP contribution in [0.5, 0.6) is 0 Å². The Bertz CT molecular complexity index is 1280. The van der Waals surface area contributed by atoms with Gasteiger partial charge < -0.3 is 15.0 Å². The standard InChI is InChI=1S/C25H26N4O3S/c1-25(2,3)32-23(31)20-21(26-22(30)19-15-16-11-9-10-14-18(16)33-19)27-24(28(4)5)29(20)17-12-7-6-8-13-17/h6-15H,1-5H3,(H,26,30). The van der Waals surface area contributed by atoms with Gasteiger partial charge in [-0.25, -0.2) is 4.79 Å². The van der Waals surface area contributed by atoms with Gasteiger partial charge in [-0.3, -0.25) is 9.36 Å². The van der Waals surface area contributed by atoms with Gasteiger partial charge in [-0.1, -0.05) is 36.4 Å². The van der Waals surface area contributed by atoms with E-state index in [0.717, 1.165) is 15.8 Å². The van der Waals surface area contributed by atoms with Gasteiger partial charge >= 0.3 is 5.97 Å². The largest absolute Gasteiger partial charge is 0.455 e. The predicted molar refractivity (Wildman–Crippen MR) is 133 cm³/mol. The lowest BCUT2D eigenvalue weighted by Gasteiger charge is -2.21. The van der Waals surface area contributed by atoms with E-state index < -0.39 is 11.6 Å². The number of amides is 1. The van der Waals surface area contributed by atoms with Crippen molar-refractivity contribution in [1.82, 2.24) is 9.55 Å². The Morgan fingerprint density at radius 2 is 1.70 bits per heavy atom. The normalized spacial score (nSPS) is 11.4. The van der Waals surface area contributed by atoms with Gasteiger partial charge in [0, 0.05) is 24.5 Å². The number of aromatic nitrogens is 2. The SMILES string of the molecule is CN(C)c1nc(NC(=O)c2cc3ccccc3s2)c(C(=O)OC(C)(C)C)n1-c1ccccc1. The number of nitrogens with zero attached hydrogens (tertiary/aromatic N) is 3. The molecular formula is C25H26N4O3S. The first-order valence-corrected chi connectivity index (χ1v) is 11.3. The Hall–Kier alpha value is -3.65. The topological polar surface area (TPSA) is 76.5 Å². The van der Waals surface area contributed by atoms with Gasteiger partial charge in [0.15, 0.2) is 11.5 Å². The van der Waals surface area contributed by atoms with Crippen molar-refractivity contribution in [2.24, 2.45) is 0 Å². The third-order valence-corrected chi connectivity index (χ3v) is 5.86. The second-order valence-corrected chi connectivity index (χ2v) is 9.86. The number of hydrogen-bond acceptors (Lipinski definition) is 6. The number of thiophene rings is 1. The molecule has 0 aliphatic rings. The molecular weight excluding hydrogens is 436 g/mol. The fourth-order valence-electron chi connectivity index (χ4n) is 3.39. The minimum atomic E-state index is -0.714. The summed E-state index contributed by atoms with van der Waals surface area (Å²) in [4.78, 5) is 33.4. The van der Waals surface area contributed by atoms with E-state index in [1.54, 1.807) is 30.2 Å². The second-order valence-electron chi connectivity index (χ2n) is 8.78. The molecule has 0 aliphatic heterocycles. The molecule has 0 saturated heterocycles. The van der Waals surface area contributed by atoms with Crippen molar-refractivity contribution in [1.29, 1.82) is 0 Å². The number of carbonyl (C=O) groups is 2. The van der Waals surface area contributed by atoms with Crippen molar-refractivity contribution < 1.29 is 14.3 Å². The second kappa shape index (κ2) is 8.71. The predicted octanol–water partition coefficient (Wildman–Crippen LogP) is 5.36. The zero-order chi connectivity index (χ0) is 23.8. The fraction of sp³-hybridized carbons (Fsp3) is 0.240. The lowest BCUT2D eigenvalue weighted by atomic mass is 10.2. The summed E-state index contributed by atoms with van der Waals surface area (Å²) in [5.74, 6) is -0.254. The van der Waals surface area contributed by atoms with Crippen LogP contribution >= 0.6 is 11.3 Å². The summed E-state index contributed by atoms with van der Waals surface area (Å²) in [7, 11) is 3.66. The lowest BCUT2D eigenvalue weighted by molar-refractivity contribution is 0.00619.